The zero-order chi connectivity index (χ0) is 19.9. The molecule has 28 heavy (non-hydrogen) atoms. The normalized spacial score (nSPS) is 11.0. The minimum absolute atomic E-state index is 0.230. The predicted molar refractivity (Wildman–Crippen MR) is 107 cm³/mol. The van der Waals surface area contributed by atoms with Gasteiger partial charge in [0.1, 0.15) is 0 Å². The van der Waals surface area contributed by atoms with Gasteiger partial charge in [-0.15, -0.1) is 0 Å². The van der Waals surface area contributed by atoms with Crippen LogP contribution in [0.15, 0.2) is 91.0 Å². The summed E-state index contributed by atoms with van der Waals surface area (Å²) in [6.07, 6.45) is 1.35. The number of ether oxygens (including phenoxy) is 1. The van der Waals surface area contributed by atoms with E-state index in [1.807, 2.05) is 24.3 Å². The van der Waals surface area contributed by atoms with Crippen LogP contribution in [0.5, 0.6) is 0 Å². The summed E-state index contributed by atoms with van der Waals surface area (Å²) in [6, 6.07) is 24.0. The smallest absolute Gasteiger partial charge is 0.337 e. The topological polar surface area (TPSA) is 60.4 Å². The molecular formula is C24H18O4. The number of benzene rings is 3. The lowest BCUT2D eigenvalue weighted by molar-refractivity contribution is 0.0600. The minimum Gasteiger partial charge on any atom is -0.465 e. The Labute approximate surface area is 163 Å². The maximum absolute atomic E-state index is 13.0. The summed E-state index contributed by atoms with van der Waals surface area (Å²) in [7, 11) is 1.30. The first-order valence-electron chi connectivity index (χ1n) is 8.69. The van der Waals surface area contributed by atoms with Gasteiger partial charge in [-0.05, 0) is 23.8 Å². The molecule has 0 aromatic heterocycles. The molecule has 0 aliphatic carbocycles. The first kappa shape index (κ1) is 19.0. The first-order chi connectivity index (χ1) is 13.6. The second kappa shape index (κ2) is 8.73. The van der Waals surface area contributed by atoms with E-state index in [9.17, 15) is 14.4 Å². The summed E-state index contributed by atoms with van der Waals surface area (Å²) in [4.78, 5) is 37.3. The van der Waals surface area contributed by atoms with Gasteiger partial charge in [0.15, 0.2) is 11.6 Å². The molecule has 0 aliphatic heterocycles. The number of hydrogen-bond acceptors (Lipinski definition) is 4. The second-order valence-corrected chi connectivity index (χ2v) is 6.05. The number of allylic oxidation sites excluding steroid dienone is 2. The summed E-state index contributed by atoms with van der Waals surface area (Å²) in [5.74, 6) is -1.02. The molecule has 3 aromatic carbocycles. The Bertz CT molecular complexity index is 1020. The molecule has 0 saturated heterocycles. The van der Waals surface area contributed by atoms with Crippen molar-refractivity contribution < 1.29 is 19.1 Å². The molecule has 0 amide bonds. The summed E-state index contributed by atoms with van der Waals surface area (Å²) in [6.45, 7) is 0. The van der Waals surface area contributed by atoms with E-state index in [1.165, 1.54) is 25.3 Å². The van der Waals surface area contributed by atoms with E-state index in [0.29, 0.717) is 27.8 Å². The molecule has 4 heteroatoms. The van der Waals surface area contributed by atoms with E-state index in [0.717, 1.165) is 0 Å². The van der Waals surface area contributed by atoms with Crippen molar-refractivity contribution in [2.45, 2.75) is 0 Å². The predicted octanol–water partition coefficient (Wildman–Crippen LogP) is 4.62. The third-order valence-corrected chi connectivity index (χ3v) is 4.23. The van der Waals surface area contributed by atoms with E-state index in [4.69, 9.17) is 0 Å². The lowest BCUT2D eigenvalue weighted by Gasteiger charge is -2.08. The zero-order valence-electron chi connectivity index (χ0n) is 15.3. The van der Waals surface area contributed by atoms with Gasteiger partial charge in [-0.25, -0.2) is 4.79 Å². The molecule has 0 radical (unpaired) electrons. The number of hydrogen-bond donors (Lipinski definition) is 0. The highest BCUT2D eigenvalue weighted by Gasteiger charge is 2.17. The minimum atomic E-state index is -0.473. The van der Waals surface area contributed by atoms with Crippen LogP contribution in [-0.2, 0) is 4.74 Å². The fourth-order valence-electron chi connectivity index (χ4n) is 2.75. The summed E-state index contributed by atoms with van der Waals surface area (Å²) in [5, 5.41) is 0. The van der Waals surface area contributed by atoms with Gasteiger partial charge in [0.25, 0.3) is 0 Å². The van der Waals surface area contributed by atoms with Crippen molar-refractivity contribution in [1.82, 2.24) is 0 Å². The molecule has 0 spiro atoms. The Morgan fingerprint density at radius 1 is 0.643 bits per heavy atom. The van der Waals surface area contributed by atoms with Crippen molar-refractivity contribution in [3.63, 3.8) is 0 Å². The molecule has 0 atom stereocenters. The third-order valence-electron chi connectivity index (χ3n) is 4.23. The van der Waals surface area contributed by atoms with Crippen LogP contribution in [0.1, 0.15) is 36.6 Å². The van der Waals surface area contributed by atoms with Gasteiger partial charge in [0.05, 0.1) is 12.7 Å². The fraction of sp³-hybridized carbons (Fsp3) is 0.0417. The standard InChI is InChI=1S/C24H18O4/c1-28-24(27)20-14-12-18(13-15-20)22(25)16-21(17-8-4-2-5-9-17)23(26)19-10-6-3-7-11-19/h2-16H,1H3/b21-16-. The molecular weight excluding hydrogens is 352 g/mol. The van der Waals surface area contributed by atoms with Crippen LogP contribution in [0.25, 0.3) is 5.57 Å². The lowest BCUT2D eigenvalue weighted by Crippen LogP contribution is -2.06. The van der Waals surface area contributed by atoms with Crippen LogP contribution < -0.4 is 0 Å². The monoisotopic (exact) mass is 370 g/mol. The van der Waals surface area contributed by atoms with Crippen LogP contribution in [0.3, 0.4) is 0 Å². The highest BCUT2D eigenvalue weighted by atomic mass is 16.5. The summed E-state index contributed by atoms with van der Waals surface area (Å²) in [5.41, 5.74) is 2.21. The van der Waals surface area contributed by atoms with Gasteiger partial charge in [-0.3, -0.25) is 9.59 Å². The number of carbonyl (C=O) groups excluding carboxylic acids is 3. The first-order valence-corrected chi connectivity index (χ1v) is 8.69. The van der Waals surface area contributed by atoms with Gasteiger partial charge in [0, 0.05) is 16.7 Å². The van der Waals surface area contributed by atoms with Crippen molar-refractivity contribution in [2.24, 2.45) is 0 Å². The van der Waals surface area contributed by atoms with Crippen LogP contribution in [0.4, 0.5) is 0 Å². The number of methoxy groups -OCH3 is 1. The number of esters is 1. The molecule has 3 aromatic rings. The maximum Gasteiger partial charge on any atom is 0.337 e. The highest BCUT2D eigenvalue weighted by molar-refractivity contribution is 6.32. The van der Waals surface area contributed by atoms with E-state index in [1.54, 1.807) is 48.5 Å². The zero-order valence-corrected chi connectivity index (χ0v) is 15.3. The molecule has 3 rings (SSSR count). The Morgan fingerprint density at radius 3 is 1.68 bits per heavy atom. The fourth-order valence-corrected chi connectivity index (χ4v) is 2.75. The van der Waals surface area contributed by atoms with Gasteiger partial charge in [0.2, 0.25) is 0 Å². The average molecular weight is 370 g/mol. The number of ketones is 2. The van der Waals surface area contributed by atoms with Crippen LogP contribution in [0, 0.1) is 0 Å². The van der Waals surface area contributed by atoms with Crippen LogP contribution in [-0.4, -0.2) is 24.6 Å². The molecule has 138 valence electrons. The van der Waals surface area contributed by atoms with Crippen molar-refractivity contribution in [3.05, 3.63) is 113 Å². The largest absolute Gasteiger partial charge is 0.465 e. The van der Waals surface area contributed by atoms with Crippen molar-refractivity contribution in [1.29, 1.82) is 0 Å². The maximum atomic E-state index is 13.0. The van der Waals surface area contributed by atoms with Crippen LogP contribution in [0.2, 0.25) is 0 Å². The van der Waals surface area contributed by atoms with E-state index in [2.05, 4.69) is 4.74 Å². The van der Waals surface area contributed by atoms with Crippen molar-refractivity contribution in [3.8, 4) is 0 Å². The van der Waals surface area contributed by atoms with Crippen molar-refractivity contribution >= 4 is 23.1 Å². The Balaban J connectivity index is 1.98. The molecule has 0 N–H and O–H groups in total. The quantitative estimate of drug-likeness (QED) is 0.361. The van der Waals surface area contributed by atoms with E-state index < -0.39 is 5.97 Å². The van der Waals surface area contributed by atoms with E-state index in [-0.39, 0.29) is 11.6 Å². The SMILES string of the molecule is COC(=O)c1ccc(C(=O)/C=C(\C(=O)c2ccccc2)c2ccccc2)cc1. The Hall–Kier alpha value is -3.79. The highest BCUT2D eigenvalue weighted by Crippen LogP contribution is 2.21. The molecule has 0 heterocycles. The molecule has 0 aliphatic rings. The molecule has 0 saturated carbocycles. The number of Topliss-reactive ketones (excluding diaryl/α,β-unsaturated/α-hetero) is 1. The van der Waals surface area contributed by atoms with Gasteiger partial charge >= 0.3 is 5.97 Å². The average Bonchev–Trinajstić information content (AvgIpc) is 2.77. The van der Waals surface area contributed by atoms with Gasteiger partial charge < -0.3 is 4.74 Å². The molecule has 0 bridgehead atoms. The lowest BCUT2D eigenvalue weighted by atomic mass is 9.94. The van der Waals surface area contributed by atoms with Crippen molar-refractivity contribution in [2.75, 3.05) is 7.11 Å². The van der Waals surface area contributed by atoms with Crippen LogP contribution >= 0.6 is 0 Å². The summed E-state index contributed by atoms with van der Waals surface area (Å²) < 4.78 is 4.66. The molecule has 4 nitrogen and oxygen atoms in total. The Kier molecular flexibility index (Phi) is 5.92. The van der Waals surface area contributed by atoms with E-state index >= 15 is 0 Å². The number of rotatable bonds is 6. The number of carbonyl (C=O) groups is 3. The van der Waals surface area contributed by atoms with Gasteiger partial charge in [-0.2, -0.15) is 0 Å². The molecule has 0 unspecified atom stereocenters. The summed E-state index contributed by atoms with van der Waals surface area (Å²) >= 11 is 0. The Morgan fingerprint density at radius 2 is 1.14 bits per heavy atom. The van der Waals surface area contributed by atoms with Gasteiger partial charge in [-0.1, -0.05) is 72.8 Å². The third kappa shape index (κ3) is 4.30. The molecule has 0 fully saturated rings. The second-order valence-electron chi connectivity index (χ2n) is 6.05.